The molecule has 1 aromatic rings. The summed E-state index contributed by atoms with van der Waals surface area (Å²) in [5, 5.41) is 1.57. The molecule has 0 radical (unpaired) electrons. The SMILES string of the molecule is CCCCSc1ncnc(Cl)c1C. The molecule has 72 valence electrons. The van der Waals surface area contributed by atoms with Crippen LogP contribution in [0.3, 0.4) is 0 Å². The highest BCUT2D eigenvalue weighted by Gasteiger charge is 2.04. The van der Waals surface area contributed by atoms with Gasteiger partial charge in [0, 0.05) is 5.56 Å². The number of hydrogen-bond acceptors (Lipinski definition) is 3. The highest BCUT2D eigenvalue weighted by molar-refractivity contribution is 7.99. The monoisotopic (exact) mass is 216 g/mol. The lowest BCUT2D eigenvalue weighted by molar-refractivity contribution is 0.892. The number of rotatable bonds is 4. The van der Waals surface area contributed by atoms with Crippen LogP contribution < -0.4 is 0 Å². The normalized spacial score (nSPS) is 10.4. The fraction of sp³-hybridized carbons (Fsp3) is 0.556. The average Bonchev–Trinajstić information content (AvgIpc) is 2.13. The van der Waals surface area contributed by atoms with Crippen LogP contribution in [-0.2, 0) is 0 Å². The lowest BCUT2D eigenvalue weighted by Gasteiger charge is -2.03. The van der Waals surface area contributed by atoms with E-state index in [0.717, 1.165) is 16.3 Å². The standard InChI is InChI=1S/C9H13ClN2S/c1-3-4-5-13-9-7(2)8(10)11-6-12-9/h6H,3-5H2,1-2H3. The Kier molecular flexibility index (Phi) is 4.53. The first-order chi connectivity index (χ1) is 6.25. The van der Waals surface area contributed by atoms with Crippen molar-refractivity contribution in [1.82, 2.24) is 9.97 Å². The van der Waals surface area contributed by atoms with Crippen molar-refractivity contribution in [1.29, 1.82) is 0 Å². The summed E-state index contributed by atoms with van der Waals surface area (Å²) in [6.45, 7) is 4.14. The van der Waals surface area contributed by atoms with Crippen molar-refractivity contribution in [3.63, 3.8) is 0 Å². The molecular weight excluding hydrogens is 204 g/mol. The summed E-state index contributed by atoms with van der Waals surface area (Å²) in [5.74, 6) is 1.10. The predicted molar refractivity (Wildman–Crippen MR) is 57.4 cm³/mol. The smallest absolute Gasteiger partial charge is 0.136 e. The zero-order chi connectivity index (χ0) is 9.68. The summed E-state index contributed by atoms with van der Waals surface area (Å²) < 4.78 is 0. The van der Waals surface area contributed by atoms with Gasteiger partial charge in [-0.05, 0) is 19.1 Å². The third-order valence-electron chi connectivity index (χ3n) is 1.71. The number of aromatic nitrogens is 2. The maximum atomic E-state index is 5.86. The van der Waals surface area contributed by atoms with E-state index < -0.39 is 0 Å². The van der Waals surface area contributed by atoms with Crippen LogP contribution >= 0.6 is 23.4 Å². The second-order valence-corrected chi connectivity index (χ2v) is 4.24. The van der Waals surface area contributed by atoms with Gasteiger partial charge in [0.15, 0.2) is 0 Å². The number of unbranched alkanes of at least 4 members (excludes halogenated alkanes) is 1. The van der Waals surface area contributed by atoms with Gasteiger partial charge in [0.05, 0.1) is 0 Å². The molecule has 0 aliphatic carbocycles. The minimum Gasteiger partial charge on any atom is -0.230 e. The summed E-state index contributed by atoms with van der Waals surface area (Å²) in [7, 11) is 0. The molecule has 0 aromatic carbocycles. The highest BCUT2D eigenvalue weighted by atomic mass is 35.5. The van der Waals surface area contributed by atoms with E-state index in [0.29, 0.717) is 5.15 Å². The second-order valence-electron chi connectivity index (χ2n) is 2.80. The lowest BCUT2D eigenvalue weighted by atomic mass is 10.4. The molecule has 13 heavy (non-hydrogen) atoms. The number of halogens is 1. The van der Waals surface area contributed by atoms with Gasteiger partial charge in [-0.25, -0.2) is 9.97 Å². The van der Waals surface area contributed by atoms with Gasteiger partial charge >= 0.3 is 0 Å². The van der Waals surface area contributed by atoms with Crippen molar-refractivity contribution in [2.75, 3.05) is 5.75 Å². The van der Waals surface area contributed by atoms with E-state index in [9.17, 15) is 0 Å². The number of nitrogens with zero attached hydrogens (tertiary/aromatic N) is 2. The van der Waals surface area contributed by atoms with Crippen LogP contribution in [0.25, 0.3) is 0 Å². The summed E-state index contributed by atoms with van der Waals surface area (Å²) >= 11 is 7.61. The van der Waals surface area contributed by atoms with E-state index in [1.807, 2.05) is 6.92 Å². The Morgan fingerprint density at radius 2 is 2.23 bits per heavy atom. The Balaban J connectivity index is 2.61. The summed E-state index contributed by atoms with van der Waals surface area (Å²) in [4.78, 5) is 8.09. The Morgan fingerprint density at radius 1 is 1.46 bits per heavy atom. The molecule has 0 amide bonds. The van der Waals surface area contributed by atoms with Crippen molar-refractivity contribution in [3.05, 3.63) is 17.0 Å². The summed E-state index contributed by atoms with van der Waals surface area (Å²) in [5.41, 5.74) is 0.991. The number of hydrogen-bond donors (Lipinski definition) is 0. The van der Waals surface area contributed by atoms with Crippen molar-refractivity contribution >= 4 is 23.4 Å². The molecule has 1 aromatic heterocycles. The van der Waals surface area contributed by atoms with Crippen molar-refractivity contribution in [2.45, 2.75) is 31.7 Å². The van der Waals surface area contributed by atoms with Crippen molar-refractivity contribution < 1.29 is 0 Å². The third-order valence-corrected chi connectivity index (χ3v) is 3.27. The van der Waals surface area contributed by atoms with E-state index in [4.69, 9.17) is 11.6 Å². The fourth-order valence-electron chi connectivity index (χ4n) is 0.873. The predicted octanol–water partition coefficient (Wildman–Crippen LogP) is 3.33. The molecule has 2 nitrogen and oxygen atoms in total. The second kappa shape index (κ2) is 5.45. The number of thioether (sulfide) groups is 1. The maximum absolute atomic E-state index is 5.86. The molecule has 0 unspecified atom stereocenters. The van der Waals surface area contributed by atoms with E-state index >= 15 is 0 Å². The quantitative estimate of drug-likeness (QED) is 0.439. The van der Waals surface area contributed by atoms with Crippen LogP contribution in [0.5, 0.6) is 0 Å². The molecule has 1 rings (SSSR count). The highest BCUT2D eigenvalue weighted by Crippen LogP contribution is 2.24. The van der Waals surface area contributed by atoms with Crippen LogP contribution in [0.2, 0.25) is 5.15 Å². The molecule has 1 heterocycles. The lowest BCUT2D eigenvalue weighted by Crippen LogP contribution is -1.90. The van der Waals surface area contributed by atoms with Crippen LogP contribution in [0, 0.1) is 6.92 Å². The van der Waals surface area contributed by atoms with Gasteiger partial charge in [0.1, 0.15) is 16.5 Å². The van der Waals surface area contributed by atoms with Gasteiger partial charge in [-0.15, -0.1) is 11.8 Å². The Labute approximate surface area is 88.1 Å². The molecule has 0 saturated carbocycles. The van der Waals surface area contributed by atoms with E-state index in [1.165, 1.54) is 19.2 Å². The van der Waals surface area contributed by atoms with Gasteiger partial charge in [0.25, 0.3) is 0 Å². The van der Waals surface area contributed by atoms with Crippen LogP contribution in [0.4, 0.5) is 0 Å². The molecule has 0 aliphatic heterocycles. The maximum Gasteiger partial charge on any atom is 0.136 e. The minimum absolute atomic E-state index is 0.564. The molecule has 0 bridgehead atoms. The zero-order valence-electron chi connectivity index (χ0n) is 7.88. The van der Waals surface area contributed by atoms with E-state index in [1.54, 1.807) is 11.8 Å². The largest absolute Gasteiger partial charge is 0.230 e. The fourth-order valence-corrected chi connectivity index (χ4v) is 2.12. The van der Waals surface area contributed by atoms with Gasteiger partial charge in [-0.1, -0.05) is 24.9 Å². The molecule has 0 aliphatic rings. The van der Waals surface area contributed by atoms with Crippen molar-refractivity contribution in [2.24, 2.45) is 0 Å². The first-order valence-corrected chi connectivity index (χ1v) is 5.72. The Morgan fingerprint density at radius 3 is 2.92 bits per heavy atom. The van der Waals surface area contributed by atoms with E-state index in [2.05, 4.69) is 16.9 Å². The van der Waals surface area contributed by atoms with Gasteiger partial charge < -0.3 is 0 Å². The molecule has 0 N–H and O–H groups in total. The Hall–Kier alpha value is -0.280. The molecule has 4 heteroatoms. The van der Waals surface area contributed by atoms with Crippen molar-refractivity contribution in [3.8, 4) is 0 Å². The topological polar surface area (TPSA) is 25.8 Å². The molecule has 0 spiro atoms. The first kappa shape index (κ1) is 10.8. The van der Waals surface area contributed by atoms with Crippen LogP contribution in [0.15, 0.2) is 11.4 Å². The average molecular weight is 217 g/mol. The Bertz CT molecular complexity index is 278. The van der Waals surface area contributed by atoms with Crippen LogP contribution in [-0.4, -0.2) is 15.7 Å². The van der Waals surface area contributed by atoms with Crippen LogP contribution in [0.1, 0.15) is 25.3 Å². The zero-order valence-corrected chi connectivity index (χ0v) is 9.45. The van der Waals surface area contributed by atoms with Gasteiger partial charge in [-0.3, -0.25) is 0 Å². The third kappa shape index (κ3) is 3.16. The summed E-state index contributed by atoms with van der Waals surface area (Å²) in [6, 6.07) is 0. The molecule has 0 atom stereocenters. The summed E-state index contributed by atoms with van der Waals surface area (Å²) in [6.07, 6.45) is 3.94. The van der Waals surface area contributed by atoms with Gasteiger partial charge in [-0.2, -0.15) is 0 Å². The van der Waals surface area contributed by atoms with E-state index in [-0.39, 0.29) is 0 Å². The molecular formula is C9H13ClN2S. The first-order valence-electron chi connectivity index (χ1n) is 4.35. The molecule has 0 fully saturated rings. The minimum atomic E-state index is 0.564. The molecule has 0 saturated heterocycles. The van der Waals surface area contributed by atoms with Gasteiger partial charge in [0.2, 0.25) is 0 Å².